The molecule has 40 heavy (non-hydrogen) atoms. The molecule has 1 N–H and O–H groups in total. The van der Waals surface area contributed by atoms with Gasteiger partial charge in [-0.15, -0.1) is 0 Å². The van der Waals surface area contributed by atoms with Crippen LogP contribution < -0.4 is 14.2 Å². The van der Waals surface area contributed by atoms with Gasteiger partial charge in [-0.2, -0.15) is 0 Å². The number of fused-ring (bicyclic) bond motifs is 3. The van der Waals surface area contributed by atoms with Crippen LogP contribution in [0.2, 0.25) is 0 Å². The summed E-state index contributed by atoms with van der Waals surface area (Å²) in [4.78, 5) is 36.3. The molecule has 0 spiro atoms. The Balaban J connectivity index is 1.42. The third kappa shape index (κ3) is 6.13. The number of aryl methyl sites for hydroxylation is 1. The van der Waals surface area contributed by atoms with Crippen LogP contribution in [-0.4, -0.2) is 42.8 Å². The average Bonchev–Trinajstić information content (AvgIpc) is 3.21. The van der Waals surface area contributed by atoms with Crippen LogP contribution in [0.15, 0.2) is 78.9 Å². The zero-order chi connectivity index (χ0) is 29.0. The van der Waals surface area contributed by atoms with Gasteiger partial charge in [0, 0.05) is 11.5 Å². The summed E-state index contributed by atoms with van der Waals surface area (Å²) in [5.74, 6) is -0.358. The highest BCUT2D eigenvalue weighted by molar-refractivity contribution is 5.93. The number of carbonyl (C=O) groups excluding carboxylic acids is 3. The van der Waals surface area contributed by atoms with Gasteiger partial charge in [0.15, 0.2) is 0 Å². The van der Waals surface area contributed by atoms with Gasteiger partial charge in [0.1, 0.15) is 30.5 Å². The summed E-state index contributed by atoms with van der Waals surface area (Å²) in [5.41, 5.74) is 5.36. The molecule has 0 bridgehead atoms. The Morgan fingerprint density at radius 3 is 2.12 bits per heavy atom. The molecule has 0 aliphatic heterocycles. The fourth-order valence-electron chi connectivity index (χ4n) is 4.32. The molecule has 8 nitrogen and oxygen atoms in total. The molecule has 1 aliphatic rings. The van der Waals surface area contributed by atoms with Gasteiger partial charge in [-0.25, -0.2) is 14.4 Å². The minimum absolute atomic E-state index is 0.0401. The van der Waals surface area contributed by atoms with Gasteiger partial charge >= 0.3 is 17.9 Å². The lowest BCUT2D eigenvalue weighted by Gasteiger charge is -2.11. The Morgan fingerprint density at radius 2 is 1.50 bits per heavy atom. The van der Waals surface area contributed by atoms with Crippen molar-refractivity contribution < 1.29 is 38.4 Å². The first kappa shape index (κ1) is 28.3. The minimum Gasteiger partial charge on any atom is -0.490 e. The maximum Gasteiger partial charge on any atom is 0.343 e. The van der Waals surface area contributed by atoms with Gasteiger partial charge in [-0.3, -0.25) is 0 Å². The number of carbonyl (C=O) groups is 3. The summed E-state index contributed by atoms with van der Waals surface area (Å²) in [6, 6.07) is 16.0. The lowest BCUT2D eigenvalue weighted by molar-refractivity contribution is -0.139. The first-order chi connectivity index (χ1) is 19.1. The van der Waals surface area contributed by atoms with Crippen LogP contribution >= 0.6 is 0 Å². The molecule has 3 aromatic rings. The fraction of sp³-hybridized carbons (Fsp3) is 0.219. The van der Waals surface area contributed by atoms with Crippen molar-refractivity contribution in [1.29, 1.82) is 0 Å². The van der Waals surface area contributed by atoms with Crippen LogP contribution in [0, 0.1) is 6.92 Å². The van der Waals surface area contributed by atoms with Gasteiger partial charge in [0.05, 0.1) is 17.7 Å². The fourth-order valence-corrected chi connectivity index (χ4v) is 4.32. The van der Waals surface area contributed by atoms with Crippen molar-refractivity contribution in [3.63, 3.8) is 0 Å². The molecule has 0 radical (unpaired) electrons. The van der Waals surface area contributed by atoms with E-state index in [0.717, 1.165) is 22.3 Å². The molecule has 3 aromatic carbocycles. The summed E-state index contributed by atoms with van der Waals surface area (Å²) < 4.78 is 21.7. The van der Waals surface area contributed by atoms with Gasteiger partial charge < -0.3 is 24.1 Å². The number of aliphatic hydroxyl groups excluding tert-OH is 1. The molecule has 0 saturated carbocycles. The topological polar surface area (TPSA) is 108 Å². The van der Waals surface area contributed by atoms with Crippen molar-refractivity contribution in [2.75, 3.05) is 19.8 Å². The number of ether oxygens (including phenoxy) is 4. The van der Waals surface area contributed by atoms with Gasteiger partial charge in [-0.05, 0) is 84.1 Å². The largest absolute Gasteiger partial charge is 0.490 e. The van der Waals surface area contributed by atoms with E-state index in [0.29, 0.717) is 28.2 Å². The Morgan fingerprint density at radius 1 is 0.850 bits per heavy atom. The lowest BCUT2D eigenvalue weighted by atomic mass is 9.99. The van der Waals surface area contributed by atoms with Gasteiger partial charge in [-0.1, -0.05) is 32.2 Å². The molecule has 4 rings (SSSR count). The Kier molecular flexibility index (Phi) is 8.50. The number of benzene rings is 3. The molecule has 0 aromatic heterocycles. The molecule has 1 unspecified atom stereocenters. The molecular weight excluding hydrogens is 512 g/mol. The highest BCUT2D eigenvalue weighted by Gasteiger charge is 2.27. The third-order valence-electron chi connectivity index (χ3n) is 6.51. The second-order valence-corrected chi connectivity index (χ2v) is 9.51. The van der Waals surface area contributed by atoms with Crippen molar-refractivity contribution in [2.24, 2.45) is 0 Å². The highest BCUT2D eigenvalue weighted by Crippen LogP contribution is 2.47. The van der Waals surface area contributed by atoms with E-state index in [1.54, 1.807) is 26.0 Å². The number of hydrogen-bond acceptors (Lipinski definition) is 8. The average molecular weight is 543 g/mol. The Bertz CT molecular complexity index is 1520. The number of esters is 3. The molecule has 1 atom stereocenters. The summed E-state index contributed by atoms with van der Waals surface area (Å²) >= 11 is 0. The van der Waals surface area contributed by atoms with E-state index in [1.807, 2.05) is 30.3 Å². The van der Waals surface area contributed by atoms with Crippen molar-refractivity contribution in [2.45, 2.75) is 26.7 Å². The first-order valence-electron chi connectivity index (χ1n) is 12.7. The zero-order valence-corrected chi connectivity index (χ0v) is 22.6. The normalized spacial score (nSPS) is 13.1. The van der Waals surface area contributed by atoms with E-state index in [9.17, 15) is 14.4 Å². The third-order valence-corrected chi connectivity index (χ3v) is 6.51. The molecule has 0 heterocycles. The Labute approximate surface area is 232 Å². The van der Waals surface area contributed by atoms with Crippen molar-refractivity contribution >= 4 is 17.9 Å². The van der Waals surface area contributed by atoms with E-state index in [-0.39, 0.29) is 30.5 Å². The predicted molar refractivity (Wildman–Crippen MR) is 149 cm³/mol. The van der Waals surface area contributed by atoms with Crippen LogP contribution in [0.4, 0.5) is 0 Å². The maximum atomic E-state index is 12.9. The predicted octanol–water partition coefficient (Wildman–Crippen LogP) is 5.30. The molecule has 0 saturated heterocycles. The van der Waals surface area contributed by atoms with Crippen LogP contribution in [0.3, 0.4) is 0 Å². The SMILES string of the molecule is C=C(C)C(=O)OCCOc1ccc2c(c1)C(C)c1cc(OC(=O)c3ccc(OC(=O)C(=C)CO)c(C)c3)ccc1-2. The van der Waals surface area contributed by atoms with Gasteiger partial charge in [0.25, 0.3) is 0 Å². The smallest absolute Gasteiger partial charge is 0.343 e. The van der Waals surface area contributed by atoms with Crippen molar-refractivity contribution in [3.8, 4) is 28.4 Å². The van der Waals surface area contributed by atoms with Gasteiger partial charge in [0.2, 0.25) is 0 Å². The summed E-state index contributed by atoms with van der Waals surface area (Å²) in [5, 5.41) is 9.03. The van der Waals surface area contributed by atoms with E-state index in [4.69, 9.17) is 24.1 Å². The molecule has 8 heteroatoms. The second-order valence-electron chi connectivity index (χ2n) is 9.51. The molecule has 206 valence electrons. The highest BCUT2D eigenvalue weighted by atomic mass is 16.6. The van der Waals surface area contributed by atoms with Crippen LogP contribution in [0.25, 0.3) is 11.1 Å². The van der Waals surface area contributed by atoms with E-state index < -0.39 is 24.5 Å². The number of aliphatic hydroxyl groups is 1. The standard InChI is InChI=1S/C32H30O8/c1-18(2)30(34)38-13-12-37-23-7-9-25-26-10-8-24(16-28(26)21(5)27(25)15-23)39-32(36)22-6-11-29(19(3)14-22)40-31(35)20(4)17-33/h6-11,14-16,21,33H,1,4,12-13,17H2,2-3,5H3. The van der Waals surface area contributed by atoms with E-state index in [1.165, 1.54) is 12.1 Å². The van der Waals surface area contributed by atoms with Crippen molar-refractivity contribution in [3.05, 3.63) is 101 Å². The monoisotopic (exact) mass is 542 g/mol. The summed E-state index contributed by atoms with van der Waals surface area (Å²) in [7, 11) is 0. The molecule has 0 fully saturated rings. The molecule has 1 aliphatic carbocycles. The minimum atomic E-state index is -0.739. The van der Waals surface area contributed by atoms with Crippen LogP contribution in [0.1, 0.15) is 46.8 Å². The summed E-state index contributed by atoms with van der Waals surface area (Å²) in [6.45, 7) is 12.2. The number of rotatable bonds is 10. The second kappa shape index (κ2) is 12.0. The summed E-state index contributed by atoms with van der Waals surface area (Å²) in [6.07, 6.45) is 0. The quantitative estimate of drug-likeness (QED) is 0.159. The van der Waals surface area contributed by atoms with E-state index >= 15 is 0 Å². The Hall–Kier alpha value is -4.69. The van der Waals surface area contributed by atoms with Crippen molar-refractivity contribution in [1.82, 2.24) is 0 Å². The van der Waals surface area contributed by atoms with Crippen LogP contribution in [0.5, 0.6) is 17.2 Å². The van der Waals surface area contributed by atoms with Crippen LogP contribution in [-0.2, 0) is 14.3 Å². The molecule has 0 amide bonds. The first-order valence-corrected chi connectivity index (χ1v) is 12.7. The van der Waals surface area contributed by atoms with E-state index in [2.05, 4.69) is 20.1 Å². The zero-order valence-electron chi connectivity index (χ0n) is 22.6. The number of hydrogen-bond donors (Lipinski definition) is 1. The lowest BCUT2D eigenvalue weighted by Crippen LogP contribution is -2.14. The molecular formula is C32H30O8. The maximum absolute atomic E-state index is 12.9.